The number of β-lactam (4-membered cyclic amide) rings is 1. The van der Waals surface area contributed by atoms with Gasteiger partial charge in [-0.3, -0.25) is 14.5 Å². The molecule has 1 amide bonds. The third kappa shape index (κ3) is 3.43. The van der Waals surface area contributed by atoms with E-state index in [2.05, 4.69) is 17.0 Å². The number of hydrogen-bond donors (Lipinski definition) is 0. The van der Waals surface area contributed by atoms with Crippen molar-refractivity contribution in [2.75, 3.05) is 26.4 Å². The van der Waals surface area contributed by atoms with Crippen LogP contribution in [0.3, 0.4) is 0 Å². The number of carbonyl (C=O) groups is 2. The zero-order valence-electron chi connectivity index (χ0n) is 15.4. The predicted octanol–water partition coefficient (Wildman–Crippen LogP) is 2.83. The van der Waals surface area contributed by atoms with Crippen molar-refractivity contribution < 1.29 is 14.3 Å². The van der Waals surface area contributed by atoms with E-state index < -0.39 is 0 Å². The molecule has 0 saturated carbocycles. The summed E-state index contributed by atoms with van der Waals surface area (Å²) in [5.41, 5.74) is 0.832. The molecule has 2 heterocycles. The van der Waals surface area contributed by atoms with Crippen LogP contribution < -0.4 is 0 Å². The zero-order chi connectivity index (χ0) is 18.0. The molecule has 2 fully saturated rings. The minimum atomic E-state index is -0.357. The molecular weight excluding hydrogens is 316 g/mol. The van der Waals surface area contributed by atoms with Crippen molar-refractivity contribution in [3.05, 3.63) is 35.9 Å². The van der Waals surface area contributed by atoms with Crippen LogP contribution in [0, 0.1) is 11.3 Å². The van der Waals surface area contributed by atoms with Gasteiger partial charge in [0.15, 0.2) is 0 Å². The number of piperidine rings is 1. The molecule has 3 rings (SSSR count). The lowest BCUT2D eigenvalue weighted by Crippen LogP contribution is -2.63. The Morgan fingerprint density at radius 1 is 1.20 bits per heavy atom. The Morgan fingerprint density at radius 3 is 2.44 bits per heavy atom. The minimum Gasteiger partial charge on any atom is -0.466 e. The Morgan fingerprint density at radius 2 is 1.84 bits per heavy atom. The highest BCUT2D eigenvalue weighted by Crippen LogP contribution is 2.49. The maximum atomic E-state index is 12.6. The third-order valence-corrected chi connectivity index (χ3v) is 5.48. The number of benzene rings is 1. The lowest BCUT2D eigenvalue weighted by atomic mass is 9.71. The van der Waals surface area contributed by atoms with E-state index in [0.717, 1.165) is 25.9 Å². The largest absolute Gasteiger partial charge is 0.466 e. The molecule has 2 saturated heterocycles. The number of amides is 1. The quantitative estimate of drug-likeness (QED) is 0.609. The fourth-order valence-corrected chi connectivity index (χ4v) is 4.09. The van der Waals surface area contributed by atoms with Crippen LogP contribution in [-0.4, -0.2) is 48.0 Å². The summed E-state index contributed by atoms with van der Waals surface area (Å²) in [6, 6.07) is 10.4. The number of ether oxygens (including phenoxy) is 1. The van der Waals surface area contributed by atoms with E-state index >= 15 is 0 Å². The van der Waals surface area contributed by atoms with Gasteiger partial charge < -0.3 is 9.64 Å². The summed E-state index contributed by atoms with van der Waals surface area (Å²) in [6.07, 6.45) is 1.61. The van der Waals surface area contributed by atoms with Crippen LogP contribution in [0.1, 0.15) is 45.2 Å². The Bertz CT molecular complexity index is 621. The lowest BCUT2D eigenvalue weighted by Gasteiger charge is -2.54. The van der Waals surface area contributed by atoms with Gasteiger partial charge in [0, 0.05) is 13.1 Å². The number of nitrogens with zero attached hydrogens (tertiary/aromatic N) is 2. The monoisotopic (exact) mass is 344 g/mol. The van der Waals surface area contributed by atoms with Gasteiger partial charge in [0.2, 0.25) is 5.91 Å². The Labute approximate surface area is 149 Å². The predicted molar refractivity (Wildman–Crippen MR) is 95.6 cm³/mol. The SMILES string of the molecule is CCOC(=O)C1CCN(CN2C(=O)C(C)(C)[C@@H]2c2ccccc2)CC1. The van der Waals surface area contributed by atoms with E-state index in [-0.39, 0.29) is 29.3 Å². The molecule has 25 heavy (non-hydrogen) atoms. The van der Waals surface area contributed by atoms with E-state index in [1.807, 2.05) is 43.9 Å². The first-order valence-corrected chi connectivity index (χ1v) is 9.20. The summed E-state index contributed by atoms with van der Waals surface area (Å²) >= 11 is 0. The van der Waals surface area contributed by atoms with Gasteiger partial charge in [-0.25, -0.2) is 0 Å². The van der Waals surface area contributed by atoms with E-state index in [4.69, 9.17) is 4.74 Å². The first-order chi connectivity index (χ1) is 11.9. The summed E-state index contributed by atoms with van der Waals surface area (Å²) < 4.78 is 5.13. The highest BCUT2D eigenvalue weighted by molar-refractivity contribution is 5.89. The minimum absolute atomic E-state index is 0.00431. The van der Waals surface area contributed by atoms with Crippen LogP contribution in [0.4, 0.5) is 0 Å². The number of esters is 1. The molecule has 0 unspecified atom stereocenters. The highest BCUT2D eigenvalue weighted by Gasteiger charge is 2.54. The van der Waals surface area contributed by atoms with Crippen molar-refractivity contribution in [2.45, 2.75) is 39.7 Å². The van der Waals surface area contributed by atoms with Crippen LogP contribution in [0.2, 0.25) is 0 Å². The van der Waals surface area contributed by atoms with Gasteiger partial charge in [-0.1, -0.05) is 30.3 Å². The van der Waals surface area contributed by atoms with Crippen molar-refractivity contribution in [3.8, 4) is 0 Å². The van der Waals surface area contributed by atoms with Gasteiger partial charge in [-0.15, -0.1) is 0 Å². The molecule has 136 valence electrons. The van der Waals surface area contributed by atoms with Gasteiger partial charge in [0.25, 0.3) is 0 Å². The average molecular weight is 344 g/mol. The molecule has 2 aliphatic heterocycles. The van der Waals surface area contributed by atoms with Crippen molar-refractivity contribution in [2.24, 2.45) is 11.3 Å². The smallest absolute Gasteiger partial charge is 0.309 e. The molecule has 5 heteroatoms. The van der Waals surface area contributed by atoms with Gasteiger partial charge in [0.05, 0.1) is 30.7 Å². The molecule has 0 spiro atoms. The van der Waals surface area contributed by atoms with Crippen LogP contribution in [0.5, 0.6) is 0 Å². The van der Waals surface area contributed by atoms with Gasteiger partial charge >= 0.3 is 5.97 Å². The molecule has 0 N–H and O–H groups in total. The van der Waals surface area contributed by atoms with Gasteiger partial charge in [-0.05, 0) is 39.2 Å². The van der Waals surface area contributed by atoms with Crippen molar-refractivity contribution in [1.82, 2.24) is 9.80 Å². The van der Waals surface area contributed by atoms with E-state index in [1.54, 1.807) is 0 Å². The summed E-state index contributed by atoms with van der Waals surface area (Å²) in [6.45, 7) is 8.62. The third-order valence-electron chi connectivity index (χ3n) is 5.48. The molecule has 1 aromatic carbocycles. The van der Waals surface area contributed by atoms with E-state index in [1.165, 1.54) is 5.56 Å². The van der Waals surface area contributed by atoms with E-state index in [0.29, 0.717) is 13.3 Å². The second-order valence-corrected chi connectivity index (χ2v) is 7.60. The van der Waals surface area contributed by atoms with Crippen LogP contribution >= 0.6 is 0 Å². The zero-order valence-corrected chi connectivity index (χ0v) is 15.4. The summed E-state index contributed by atoms with van der Waals surface area (Å²) in [4.78, 5) is 28.7. The molecule has 2 aliphatic rings. The van der Waals surface area contributed by atoms with Crippen LogP contribution in [0.25, 0.3) is 0 Å². The number of likely N-dealkylation sites (tertiary alicyclic amines) is 2. The molecule has 5 nitrogen and oxygen atoms in total. The maximum absolute atomic E-state index is 12.6. The molecule has 0 radical (unpaired) electrons. The molecular formula is C20H28N2O3. The summed E-state index contributed by atoms with van der Waals surface area (Å²) in [7, 11) is 0. The number of hydrogen-bond acceptors (Lipinski definition) is 4. The summed E-state index contributed by atoms with van der Waals surface area (Å²) in [5, 5.41) is 0. The van der Waals surface area contributed by atoms with Crippen LogP contribution in [-0.2, 0) is 14.3 Å². The Hall–Kier alpha value is -1.88. The topological polar surface area (TPSA) is 49.9 Å². The van der Waals surface area contributed by atoms with Crippen molar-refractivity contribution >= 4 is 11.9 Å². The highest BCUT2D eigenvalue weighted by atomic mass is 16.5. The molecule has 0 bridgehead atoms. The second-order valence-electron chi connectivity index (χ2n) is 7.60. The Kier molecular flexibility index (Phi) is 5.13. The molecule has 0 aromatic heterocycles. The number of carbonyl (C=O) groups excluding carboxylic acids is 2. The van der Waals surface area contributed by atoms with Crippen LogP contribution in [0.15, 0.2) is 30.3 Å². The standard InChI is InChI=1S/C20H28N2O3/c1-4-25-18(23)16-10-12-21(13-11-16)14-22-17(20(2,3)19(22)24)15-8-6-5-7-9-15/h5-9,16-17H,4,10-14H2,1-3H3/t17-/m0/s1. The summed E-state index contributed by atoms with van der Waals surface area (Å²) in [5.74, 6) is 0.129. The Balaban J connectivity index is 1.61. The van der Waals surface area contributed by atoms with Gasteiger partial charge in [-0.2, -0.15) is 0 Å². The van der Waals surface area contributed by atoms with Gasteiger partial charge in [0.1, 0.15) is 0 Å². The van der Waals surface area contributed by atoms with E-state index in [9.17, 15) is 9.59 Å². The second kappa shape index (κ2) is 7.16. The molecule has 0 aliphatic carbocycles. The fourth-order valence-electron chi connectivity index (χ4n) is 4.09. The fraction of sp³-hybridized carbons (Fsp3) is 0.600. The molecule has 1 atom stereocenters. The normalized spacial score (nSPS) is 24.0. The van der Waals surface area contributed by atoms with Crippen molar-refractivity contribution in [1.29, 1.82) is 0 Å². The maximum Gasteiger partial charge on any atom is 0.309 e. The van der Waals surface area contributed by atoms with Crippen molar-refractivity contribution in [3.63, 3.8) is 0 Å². The average Bonchev–Trinajstić information content (AvgIpc) is 2.62. The first-order valence-electron chi connectivity index (χ1n) is 9.20. The molecule has 1 aromatic rings. The lowest BCUT2D eigenvalue weighted by molar-refractivity contribution is -0.175. The number of rotatable bonds is 5. The first kappa shape index (κ1) is 17.9.